The summed E-state index contributed by atoms with van der Waals surface area (Å²) in [5.74, 6) is 0.228. The van der Waals surface area contributed by atoms with Gasteiger partial charge in [-0.3, -0.25) is 4.79 Å². The lowest BCUT2D eigenvalue weighted by Crippen LogP contribution is -2.54. The highest BCUT2D eigenvalue weighted by molar-refractivity contribution is 5.84. The standard InChI is InChI=1S/C11H13N5O2/c1-13-10(17)9-7-18-5-4-16(9)11-14-3-2-8(6-12)15-11/h2-3,9H,4-5,7H2,1H3,(H,13,17). The van der Waals surface area contributed by atoms with Crippen molar-refractivity contribution in [3.05, 3.63) is 18.0 Å². The Morgan fingerprint density at radius 1 is 1.72 bits per heavy atom. The van der Waals surface area contributed by atoms with Gasteiger partial charge in [0.05, 0.1) is 13.2 Å². The molecule has 0 aromatic carbocycles. The maximum atomic E-state index is 11.8. The lowest BCUT2D eigenvalue weighted by atomic mass is 10.2. The molecule has 0 saturated carbocycles. The van der Waals surface area contributed by atoms with E-state index < -0.39 is 6.04 Å². The van der Waals surface area contributed by atoms with Crippen LogP contribution in [0, 0.1) is 11.3 Å². The van der Waals surface area contributed by atoms with Crippen LogP contribution in [0.15, 0.2) is 12.3 Å². The molecule has 1 N–H and O–H groups in total. The lowest BCUT2D eigenvalue weighted by Gasteiger charge is -2.34. The molecule has 1 atom stereocenters. The molecule has 1 amide bonds. The van der Waals surface area contributed by atoms with E-state index >= 15 is 0 Å². The summed E-state index contributed by atoms with van der Waals surface area (Å²) in [4.78, 5) is 21.7. The second-order valence-corrected chi connectivity index (χ2v) is 3.75. The van der Waals surface area contributed by atoms with Crippen LogP contribution in [-0.4, -0.2) is 48.7 Å². The molecule has 7 nitrogen and oxygen atoms in total. The van der Waals surface area contributed by atoms with Crippen LogP contribution in [0.3, 0.4) is 0 Å². The quantitative estimate of drug-likeness (QED) is 0.743. The molecule has 0 spiro atoms. The number of hydrogen-bond donors (Lipinski definition) is 1. The van der Waals surface area contributed by atoms with Gasteiger partial charge in [0.25, 0.3) is 0 Å². The smallest absolute Gasteiger partial charge is 0.244 e. The van der Waals surface area contributed by atoms with Gasteiger partial charge in [0.2, 0.25) is 11.9 Å². The first-order valence-corrected chi connectivity index (χ1v) is 5.55. The fraction of sp³-hybridized carbons (Fsp3) is 0.455. The Morgan fingerprint density at radius 2 is 2.56 bits per heavy atom. The average Bonchev–Trinajstić information content (AvgIpc) is 2.46. The van der Waals surface area contributed by atoms with Gasteiger partial charge in [-0.25, -0.2) is 9.97 Å². The summed E-state index contributed by atoms with van der Waals surface area (Å²) in [6.45, 7) is 1.32. The molecular formula is C11H13N5O2. The summed E-state index contributed by atoms with van der Waals surface area (Å²) >= 11 is 0. The molecule has 0 radical (unpaired) electrons. The minimum absolute atomic E-state index is 0.152. The van der Waals surface area contributed by atoms with Crippen LogP contribution in [0.2, 0.25) is 0 Å². The first-order valence-electron chi connectivity index (χ1n) is 5.55. The third kappa shape index (κ3) is 2.38. The molecule has 94 valence electrons. The molecule has 18 heavy (non-hydrogen) atoms. The van der Waals surface area contributed by atoms with Gasteiger partial charge in [0, 0.05) is 19.8 Å². The number of anilines is 1. The third-order valence-corrected chi connectivity index (χ3v) is 2.69. The van der Waals surface area contributed by atoms with Crippen LogP contribution >= 0.6 is 0 Å². The van der Waals surface area contributed by atoms with E-state index in [1.54, 1.807) is 11.9 Å². The number of nitriles is 1. The first kappa shape index (κ1) is 12.3. The highest BCUT2D eigenvalue weighted by Crippen LogP contribution is 2.15. The molecule has 1 aromatic rings. The number of aromatic nitrogens is 2. The summed E-state index contributed by atoms with van der Waals surface area (Å²) in [5, 5.41) is 11.4. The van der Waals surface area contributed by atoms with Gasteiger partial charge in [-0.2, -0.15) is 5.26 Å². The van der Waals surface area contributed by atoms with E-state index in [0.29, 0.717) is 25.7 Å². The topological polar surface area (TPSA) is 91.1 Å². The fourth-order valence-corrected chi connectivity index (χ4v) is 1.78. The fourth-order valence-electron chi connectivity index (χ4n) is 1.78. The number of rotatable bonds is 2. The van der Waals surface area contributed by atoms with Crippen molar-refractivity contribution >= 4 is 11.9 Å². The number of ether oxygens (including phenoxy) is 1. The number of morpholine rings is 1. The average molecular weight is 247 g/mol. The van der Waals surface area contributed by atoms with Gasteiger partial charge in [0.1, 0.15) is 17.8 Å². The number of hydrogen-bond acceptors (Lipinski definition) is 6. The Balaban J connectivity index is 2.28. The minimum Gasteiger partial charge on any atom is -0.377 e. The summed E-state index contributed by atoms with van der Waals surface area (Å²) in [6.07, 6.45) is 1.51. The van der Waals surface area contributed by atoms with Gasteiger partial charge >= 0.3 is 0 Å². The zero-order valence-electron chi connectivity index (χ0n) is 9.96. The summed E-state index contributed by atoms with van der Waals surface area (Å²) in [7, 11) is 1.57. The monoisotopic (exact) mass is 247 g/mol. The van der Waals surface area contributed by atoms with Crippen molar-refractivity contribution in [2.45, 2.75) is 6.04 Å². The largest absolute Gasteiger partial charge is 0.377 e. The van der Waals surface area contributed by atoms with E-state index in [2.05, 4.69) is 15.3 Å². The second-order valence-electron chi connectivity index (χ2n) is 3.75. The summed E-state index contributed by atoms with van der Waals surface area (Å²) in [5.41, 5.74) is 0.280. The Kier molecular flexibility index (Phi) is 3.69. The van der Waals surface area contributed by atoms with Crippen molar-refractivity contribution in [2.75, 3.05) is 31.7 Å². The van der Waals surface area contributed by atoms with Crippen LogP contribution in [0.5, 0.6) is 0 Å². The molecule has 0 bridgehead atoms. The van der Waals surface area contributed by atoms with E-state index in [1.807, 2.05) is 6.07 Å². The van der Waals surface area contributed by atoms with E-state index in [-0.39, 0.29) is 11.6 Å². The lowest BCUT2D eigenvalue weighted by molar-refractivity contribution is -0.124. The van der Waals surface area contributed by atoms with Crippen molar-refractivity contribution in [3.8, 4) is 6.07 Å². The van der Waals surface area contributed by atoms with Crippen LogP contribution < -0.4 is 10.2 Å². The van der Waals surface area contributed by atoms with E-state index in [4.69, 9.17) is 10.00 Å². The predicted octanol–water partition coefficient (Wildman–Crippen LogP) is -0.701. The SMILES string of the molecule is CNC(=O)C1COCCN1c1nccc(C#N)n1. The maximum absolute atomic E-state index is 11.8. The zero-order valence-corrected chi connectivity index (χ0v) is 9.96. The highest BCUT2D eigenvalue weighted by Gasteiger charge is 2.30. The van der Waals surface area contributed by atoms with Gasteiger partial charge in [0.15, 0.2) is 0 Å². The van der Waals surface area contributed by atoms with Crippen molar-refractivity contribution in [1.29, 1.82) is 5.26 Å². The van der Waals surface area contributed by atoms with Crippen LogP contribution in [0.1, 0.15) is 5.69 Å². The Hall–Kier alpha value is -2.20. The number of carbonyl (C=O) groups is 1. The molecule has 7 heteroatoms. The van der Waals surface area contributed by atoms with Crippen molar-refractivity contribution in [3.63, 3.8) is 0 Å². The molecule has 1 aliphatic heterocycles. The number of nitrogens with one attached hydrogen (secondary N) is 1. The second kappa shape index (κ2) is 5.42. The minimum atomic E-state index is -0.460. The normalized spacial score (nSPS) is 19.1. The molecule has 2 heterocycles. The van der Waals surface area contributed by atoms with E-state index in [0.717, 1.165) is 0 Å². The predicted molar refractivity (Wildman–Crippen MR) is 62.8 cm³/mol. The number of carbonyl (C=O) groups excluding carboxylic acids is 1. The first-order chi connectivity index (χ1) is 8.76. The molecular weight excluding hydrogens is 234 g/mol. The van der Waals surface area contributed by atoms with Crippen molar-refractivity contribution < 1.29 is 9.53 Å². The van der Waals surface area contributed by atoms with Crippen LogP contribution in [0.25, 0.3) is 0 Å². The number of nitrogens with zero attached hydrogens (tertiary/aromatic N) is 4. The molecule has 1 fully saturated rings. The Morgan fingerprint density at radius 3 is 3.28 bits per heavy atom. The van der Waals surface area contributed by atoms with Gasteiger partial charge in [-0.05, 0) is 6.07 Å². The highest BCUT2D eigenvalue weighted by atomic mass is 16.5. The Labute approximate surface area is 104 Å². The molecule has 2 rings (SSSR count). The van der Waals surface area contributed by atoms with Gasteiger partial charge in [-0.1, -0.05) is 0 Å². The van der Waals surface area contributed by atoms with Crippen molar-refractivity contribution in [2.24, 2.45) is 0 Å². The number of likely N-dealkylation sites (N-methyl/N-ethyl adjacent to an activating group) is 1. The van der Waals surface area contributed by atoms with Crippen LogP contribution in [0.4, 0.5) is 5.95 Å². The van der Waals surface area contributed by atoms with Crippen molar-refractivity contribution in [1.82, 2.24) is 15.3 Å². The molecule has 1 saturated heterocycles. The molecule has 0 aliphatic carbocycles. The molecule has 1 aliphatic rings. The van der Waals surface area contributed by atoms with E-state index in [1.165, 1.54) is 12.3 Å². The maximum Gasteiger partial charge on any atom is 0.244 e. The third-order valence-electron chi connectivity index (χ3n) is 2.69. The van der Waals surface area contributed by atoms with Gasteiger partial charge in [-0.15, -0.1) is 0 Å². The van der Waals surface area contributed by atoms with E-state index in [9.17, 15) is 4.79 Å². The Bertz CT molecular complexity index is 485. The van der Waals surface area contributed by atoms with Gasteiger partial charge < -0.3 is 15.0 Å². The van der Waals surface area contributed by atoms with Crippen LogP contribution in [-0.2, 0) is 9.53 Å². The summed E-state index contributed by atoms with van der Waals surface area (Å²) < 4.78 is 5.29. The number of amides is 1. The molecule has 1 aromatic heterocycles. The summed E-state index contributed by atoms with van der Waals surface area (Å²) in [6, 6.07) is 3.02. The molecule has 1 unspecified atom stereocenters. The zero-order chi connectivity index (χ0) is 13.0.